The third kappa shape index (κ3) is 3.47. The minimum atomic E-state index is -3.20. The molecule has 6 heteroatoms. The average Bonchev–Trinajstić information content (AvgIpc) is 3.07. The van der Waals surface area contributed by atoms with Gasteiger partial charge < -0.3 is 18.8 Å². The van der Waals surface area contributed by atoms with E-state index in [1.807, 2.05) is 87.5 Å². The Labute approximate surface area is 179 Å². The second-order valence-electron chi connectivity index (χ2n) is 7.18. The van der Waals surface area contributed by atoms with Crippen molar-refractivity contribution >= 4 is 39.0 Å². The Balaban J connectivity index is 2.03. The van der Waals surface area contributed by atoms with Crippen LogP contribution >= 0.6 is 23.1 Å². The molecule has 1 heterocycles. The molecule has 1 aliphatic rings. The highest BCUT2D eigenvalue weighted by molar-refractivity contribution is 9.10. The first-order chi connectivity index (χ1) is 13.9. The van der Waals surface area contributed by atoms with Crippen LogP contribution in [0.5, 0.6) is 17.2 Å². The Morgan fingerprint density at radius 2 is 1.45 bits per heavy atom. The molecule has 0 atom stereocenters. The molecule has 0 aromatic heterocycles. The number of ether oxygens (including phenoxy) is 3. The van der Waals surface area contributed by atoms with E-state index in [2.05, 4.69) is 15.9 Å². The van der Waals surface area contributed by atoms with E-state index in [1.165, 1.54) is 0 Å². The summed E-state index contributed by atoms with van der Waals surface area (Å²) in [6.45, 7) is 6.03. The summed E-state index contributed by atoms with van der Waals surface area (Å²) in [5, 5.41) is 2.11. The zero-order valence-corrected chi connectivity index (χ0v) is 19.0. The maximum absolute atomic E-state index is 14.8. The first kappa shape index (κ1) is 20.1. The Morgan fingerprint density at radius 1 is 0.931 bits per heavy atom. The fourth-order valence-electron chi connectivity index (χ4n) is 3.48. The number of benzene rings is 3. The summed E-state index contributed by atoms with van der Waals surface area (Å²) < 4.78 is 33.3. The van der Waals surface area contributed by atoms with Crippen molar-refractivity contribution in [2.24, 2.45) is 0 Å². The van der Waals surface area contributed by atoms with Gasteiger partial charge in [-0.25, -0.2) is 0 Å². The molecule has 150 valence electrons. The van der Waals surface area contributed by atoms with E-state index in [1.54, 1.807) is 0 Å². The molecule has 0 fully saturated rings. The van der Waals surface area contributed by atoms with Crippen molar-refractivity contribution in [2.45, 2.75) is 26.6 Å². The second kappa shape index (κ2) is 7.55. The summed E-state index contributed by atoms with van der Waals surface area (Å²) in [6.07, 6.45) is 0. The van der Waals surface area contributed by atoms with Crippen LogP contribution in [0.4, 0.5) is 0 Å². The zero-order valence-electron chi connectivity index (χ0n) is 16.5. The summed E-state index contributed by atoms with van der Waals surface area (Å²) in [5.41, 5.74) is 0. The van der Waals surface area contributed by atoms with Gasteiger partial charge in [-0.05, 0) is 28.9 Å². The van der Waals surface area contributed by atoms with Gasteiger partial charge in [0.2, 0.25) is 11.5 Å². The molecule has 0 radical (unpaired) electrons. The smallest absolute Gasteiger partial charge is 0.246 e. The van der Waals surface area contributed by atoms with Gasteiger partial charge in [0, 0.05) is 29.8 Å². The van der Waals surface area contributed by atoms with Crippen molar-refractivity contribution < 1.29 is 18.8 Å². The molecule has 0 amide bonds. The van der Waals surface area contributed by atoms with Gasteiger partial charge in [-0.3, -0.25) is 0 Å². The minimum Gasteiger partial charge on any atom is -0.490 e. The van der Waals surface area contributed by atoms with Crippen molar-refractivity contribution in [2.75, 3.05) is 6.61 Å². The number of halogens is 1. The molecule has 0 saturated heterocycles. The van der Waals surface area contributed by atoms with E-state index in [4.69, 9.17) is 14.2 Å². The molecule has 0 N–H and O–H groups in total. The second-order valence-corrected chi connectivity index (χ2v) is 10.7. The van der Waals surface area contributed by atoms with Gasteiger partial charge in [0.15, 0.2) is 18.6 Å². The van der Waals surface area contributed by atoms with E-state index in [0.29, 0.717) is 33.6 Å². The van der Waals surface area contributed by atoms with Gasteiger partial charge >= 0.3 is 0 Å². The number of hydrogen-bond donors (Lipinski definition) is 0. The Morgan fingerprint density at radius 3 is 1.97 bits per heavy atom. The van der Waals surface area contributed by atoms with E-state index in [9.17, 15) is 4.57 Å². The first-order valence-electron chi connectivity index (χ1n) is 9.46. The maximum atomic E-state index is 14.8. The van der Waals surface area contributed by atoms with Gasteiger partial charge in [-0.1, -0.05) is 60.7 Å². The molecule has 4 nitrogen and oxygen atoms in total. The number of rotatable bonds is 5. The molecule has 3 aromatic rings. The lowest BCUT2D eigenvalue weighted by molar-refractivity contribution is -0.0443. The highest BCUT2D eigenvalue weighted by Gasteiger charge is 2.41. The summed E-state index contributed by atoms with van der Waals surface area (Å²) in [7, 11) is -3.20. The SMILES string of the molecule is CCOc1cc(P(=O)(c2ccccc2)c2ccccc2)c(Br)c2c1OC(C)(C)O2. The molecule has 0 bridgehead atoms. The van der Waals surface area contributed by atoms with E-state index in [-0.39, 0.29) is 0 Å². The lowest BCUT2D eigenvalue weighted by atomic mass is 10.3. The van der Waals surface area contributed by atoms with Gasteiger partial charge in [0.05, 0.1) is 11.1 Å². The summed E-state index contributed by atoms with van der Waals surface area (Å²) in [6, 6.07) is 20.9. The van der Waals surface area contributed by atoms with Crippen LogP contribution in [0.1, 0.15) is 20.8 Å². The normalized spacial score (nSPS) is 14.6. The molecule has 0 saturated carbocycles. The lowest BCUT2D eigenvalue weighted by Gasteiger charge is -2.22. The maximum Gasteiger partial charge on any atom is 0.246 e. The minimum absolute atomic E-state index is 0.457. The molecule has 0 aliphatic carbocycles. The zero-order chi connectivity index (χ0) is 20.6. The molecule has 1 aliphatic heterocycles. The van der Waals surface area contributed by atoms with Gasteiger partial charge in [-0.15, -0.1) is 0 Å². The fraction of sp³-hybridized carbons (Fsp3) is 0.217. The fourth-order valence-corrected chi connectivity index (χ4v) is 7.32. The highest BCUT2D eigenvalue weighted by Crippen LogP contribution is 2.54. The van der Waals surface area contributed by atoms with Crippen LogP contribution in [-0.4, -0.2) is 12.4 Å². The van der Waals surface area contributed by atoms with E-state index < -0.39 is 12.9 Å². The van der Waals surface area contributed by atoms with Crippen molar-refractivity contribution in [3.63, 3.8) is 0 Å². The monoisotopic (exact) mass is 472 g/mol. The number of fused-ring (bicyclic) bond motifs is 1. The molecule has 4 rings (SSSR count). The Kier molecular flexibility index (Phi) is 5.22. The lowest BCUT2D eigenvalue weighted by Crippen LogP contribution is -2.30. The van der Waals surface area contributed by atoms with Crippen molar-refractivity contribution in [1.82, 2.24) is 0 Å². The third-order valence-electron chi connectivity index (χ3n) is 4.70. The largest absolute Gasteiger partial charge is 0.490 e. The molecular formula is C23H22BrO4P. The Hall–Kier alpha value is -2.23. The van der Waals surface area contributed by atoms with Crippen LogP contribution in [0, 0.1) is 0 Å². The summed E-state index contributed by atoms with van der Waals surface area (Å²) in [4.78, 5) is 0. The quantitative estimate of drug-likeness (QED) is 0.490. The Bertz CT molecular complexity index is 1040. The van der Waals surface area contributed by atoms with Crippen molar-refractivity contribution in [3.05, 3.63) is 71.2 Å². The predicted octanol–water partition coefficient (Wildman–Crippen LogP) is 4.99. The molecular weight excluding hydrogens is 451 g/mol. The average molecular weight is 473 g/mol. The first-order valence-corrected chi connectivity index (χ1v) is 12.0. The van der Waals surface area contributed by atoms with Crippen LogP contribution in [0.25, 0.3) is 0 Å². The van der Waals surface area contributed by atoms with Crippen molar-refractivity contribution in [3.8, 4) is 17.2 Å². The summed E-state index contributed by atoms with van der Waals surface area (Å²) >= 11 is 3.67. The standard InChI is InChI=1S/C23H22BrO4P/c1-4-26-18-15-19(20(24)22-21(18)27-23(2,3)28-22)29(25,16-11-7-5-8-12-16)17-13-9-6-10-14-17/h5-15H,4H2,1-3H3. The van der Waals surface area contributed by atoms with E-state index >= 15 is 0 Å². The van der Waals surface area contributed by atoms with Gasteiger partial charge in [0.25, 0.3) is 0 Å². The molecule has 29 heavy (non-hydrogen) atoms. The van der Waals surface area contributed by atoms with Crippen LogP contribution in [0.2, 0.25) is 0 Å². The third-order valence-corrected chi connectivity index (χ3v) is 8.87. The summed E-state index contributed by atoms with van der Waals surface area (Å²) in [5.74, 6) is 0.736. The van der Waals surface area contributed by atoms with E-state index in [0.717, 1.165) is 10.6 Å². The molecule has 0 unspecified atom stereocenters. The number of hydrogen-bond acceptors (Lipinski definition) is 4. The highest BCUT2D eigenvalue weighted by atomic mass is 79.9. The van der Waals surface area contributed by atoms with Crippen LogP contribution in [0.15, 0.2) is 71.2 Å². The predicted molar refractivity (Wildman–Crippen MR) is 120 cm³/mol. The molecule has 0 spiro atoms. The van der Waals surface area contributed by atoms with Crippen molar-refractivity contribution in [1.29, 1.82) is 0 Å². The topological polar surface area (TPSA) is 44.8 Å². The van der Waals surface area contributed by atoms with Crippen LogP contribution in [-0.2, 0) is 4.57 Å². The van der Waals surface area contributed by atoms with Gasteiger partial charge in [-0.2, -0.15) is 0 Å². The van der Waals surface area contributed by atoms with Crippen LogP contribution in [0.3, 0.4) is 0 Å². The van der Waals surface area contributed by atoms with Crippen LogP contribution < -0.4 is 30.1 Å². The van der Waals surface area contributed by atoms with Gasteiger partial charge in [0.1, 0.15) is 0 Å². The molecule has 3 aromatic carbocycles.